The third-order valence-corrected chi connectivity index (χ3v) is 6.19. The summed E-state index contributed by atoms with van der Waals surface area (Å²) in [6, 6.07) is 14.1. The lowest BCUT2D eigenvalue weighted by Crippen LogP contribution is -2.29. The van der Waals surface area contributed by atoms with Crippen LogP contribution in [0.25, 0.3) is 21.5 Å². The predicted molar refractivity (Wildman–Crippen MR) is 155 cm³/mol. The maximum absolute atomic E-state index is 11.7. The van der Waals surface area contributed by atoms with Gasteiger partial charge >= 0.3 is 11.9 Å². The first-order valence-corrected chi connectivity index (χ1v) is 14.1. The van der Waals surface area contributed by atoms with E-state index in [-0.39, 0.29) is 38.4 Å². The zero-order valence-corrected chi connectivity index (χ0v) is 24.3. The zero-order valence-electron chi connectivity index (χ0n) is 24.3. The summed E-state index contributed by atoms with van der Waals surface area (Å²) in [5, 5.41) is 3.47. The van der Waals surface area contributed by atoms with Gasteiger partial charge in [0.15, 0.2) is 12.2 Å². The third-order valence-electron chi connectivity index (χ3n) is 6.19. The van der Waals surface area contributed by atoms with Crippen molar-refractivity contribution >= 4 is 33.5 Å². The van der Waals surface area contributed by atoms with Crippen molar-refractivity contribution in [3.05, 3.63) is 48.0 Å². The molecule has 0 spiro atoms. The van der Waals surface area contributed by atoms with Crippen LogP contribution in [0.2, 0.25) is 0 Å². The first-order chi connectivity index (χ1) is 19.4. The highest BCUT2D eigenvalue weighted by Crippen LogP contribution is 2.43. The van der Waals surface area contributed by atoms with Gasteiger partial charge in [-0.1, -0.05) is 57.2 Å². The Morgan fingerprint density at radius 3 is 1.57 bits per heavy atom. The van der Waals surface area contributed by atoms with Crippen molar-refractivity contribution in [1.82, 2.24) is 0 Å². The van der Waals surface area contributed by atoms with Gasteiger partial charge in [0.1, 0.15) is 24.7 Å². The van der Waals surface area contributed by atoms with E-state index in [9.17, 15) is 9.59 Å². The van der Waals surface area contributed by atoms with Gasteiger partial charge in [-0.2, -0.15) is 0 Å². The van der Waals surface area contributed by atoms with Crippen LogP contribution >= 0.6 is 0 Å². The highest BCUT2D eigenvalue weighted by Gasteiger charge is 2.21. The van der Waals surface area contributed by atoms with Crippen molar-refractivity contribution in [2.24, 2.45) is 0 Å². The van der Waals surface area contributed by atoms with E-state index in [2.05, 4.69) is 19.1 Å². The lowest BCUT2D eigenvalue weighted by atomic mass is 9.98. The molecule has 0 amide bonds. The molecule has 2 unspecified atom stereocenters. The molecule has 0 fully saturated rings. The highest BCUT2D eigenvalue weighted by molar-refractivity contribution is 6.11. The van der Waals surface area contributed by atoms with Crippen molar-refractivity contribution < 1.29 is 38.0 Å². The van der Waals surface area contributed by atoms with Crippen LogP contribution in [0.4, 0.5) is 0 Å². The van der Waals surface area contributed by atoms with E-state index in [0.29, 0.717) is 24.7 Å². The lowest BCUT2D eigenvalue weighted by molar-refractivity contribution is -0.152. The van der Waals surface area contributed by atoms with Gasteiger partial charge in [-0.25, -0.2) is 0 Å². The Kier molecular flexibility index (Phi) is 12.5. The largest absolute Gasteiger partial charge is 0.488 e. The summed E-state index contributed by atoms with van der Waals surface area (Å²) in [5.74, 6) is 0.593. The Balaban J connectivity index is 2.01. The number of benzene rings is 3. The van der Waals surface area contributed by atoms with Gasteiger partial charge < -0.3 is 28.4 Å². The molecule has 0 aliphatic rings. The number of ether oxygens (including phenoxy) is 6. The van der Waals surface area contributed by atoms with Gasteiger partial charge in [-0.3, -0.25) is 9.59 Å². The van der Waals surface area contributed by atoms with Crippen LogP contribution in [0.5, 0.6) is 11.5 Å². The van der Waals surface area contributed by atoms with Crippen LogP contribution < -0.4 is 9.47 Å². The van der Waals surface area contributed by atoms with Crippen LogP contribution in [-0.4, -0.2) is 63.8 Å². The summed E-state index contributed by atoms with van der Waals surface area (Å²) in [4.78, 5) is 23.5. The summed E-state index contributed by atoms with van der Waals surface area (Å²) in [7, 11) is 0. The summed E-state index contributed by atoms with van der Waals surface area (Å²) < 4.78 is 35.1. The molecule has 0 heterocycles. The Bertz CT molecular complexity index is 1250. The molecule has 3 aromatic rings. The second kappa shape index (κ2) is 16.0. The number of rotatable bonds is 17. The lowest BCUT2D eigenvalue weighted by Gasteiger charge is -2.23. The summed E-state index contributed by atoms with van der Waals surface area (Å²) in [6.45, 7) is 10.9. The molecular formula is C32H42O8. The molecular weight excluding hydrogens is 512 g/mol. The van der Waals surface area contributed by atoms with Crippen LogP contribution in [0, 0.1) is 0 Å². The smallest absolute Gasteiger partial charge is 0.303 e. The normalized spacial score (nSPS) is 12.7. The van der Waals surface area contributed by atoms with Crippen molar-refractivity contribution in [3.8, 4) is 11.5 Å². The Morgan fingerprint density at radius 2 is 1.12 bits per heavy atom. The number of carbonyl (C=O) groups is 2. The molecule has 0 saturated heterocycles. The van der Waals surface area contributed by atoms with Gasteiger partial charge in [0.05, 0.1) is 13.2 Å². The molecule has 8 heteroatoms. The fourth-order valence-corrected chi connectivity index (χ4v) is 4.45. The van der Waals surface area contributed by atoms with Gasteiger partial charge in [0.25, 0.3) is 0 Å². The van der Waals surface area contributed by atoms with Gasteiger partial charge in [-0.15, -0.1) is 0 Å². The van der Waals surface area contributed by atoms with E-state index >= 15 is 0 Å². The summed E-state index contributed by atoms with van der Waals surface area (Å²) >= 11 is 0. The average molecular weight is 555 g/mol. The average Bonchev–Trinajstić information content (AvgIpc) is 2.93. The fraction of sp³-hybridized carbons (Fsp3) is 0.500. The quantitative estimate of drug-likeness (QED) is 0.114. The Labute approximate surface area is 236 Å². The van der Waals surface area contributed by atoms with Gasteiger partial charge in [0, 0.05) is 48.6 Å². The first-order valence-electron chi connectivity index (χ1n) is 14.1. The molecule has 0 aromatic heterocycles. The molecule has 0 radical (unpaired) electrons. The molecule has 3 aromatic carbocycles. The second-order valence-electron chi connectivity index (χ2n) is 9.67. The topological polar surface area (TPSA) is 89.5 Å². The van der Waals surface area contributed by atoms with Crippen LogP contribution in [-0.2, 0) is 35.0 Å². The standard InChI is InChI=1S/C32H42O8/c1-6-15-35-18-25(39-22(4)33)20-37-31-27-11-9-10-12-28(27)32(30-17-24(8-3)13-14-29(30)31)38-21-26(40-23(5)34)19-36-16-7-2/h9-14,17,25-26H,6-8,15-16,18-21H2,1-5H3. The van der Waals surface area contributed by atoms with Crippen LogP contribution in [0.1, 0.15) is 53.0 Å². The van der Waals surface area contributed by atoms with Gasteiger partial charge in [-0.05, 0) is 30.9 Å². The SMILES string of the molecule is CCCOCC(COc1c2ccccc2c(OCC(COCCC)OC(C)=O)c2cc(CC)ccc12)OC(C)=O. The van der Waals surface area contributed by atoms with E-state index < -0.39 is 12.2 Å². The maximum atomic E-state index is 11.7. The van der Waals surface area contributed by atoms with Crippen molar-refractivity contribution in [3.63, 3.8) is 0 Å². The van der Waals surface area contributed by atoms with Crippen LogP contribution in [0.15, 0.2) is 42.5 Å². The number of carbonyl (C=O) groups excluding carboxylic acids is 2. The van der Waals surface area contributed by atoms with E-state index in [0.717, 1.165) is 46.4 Å². The van der Waals surface area contributed by atoms with E-state index in [1.165, 1.54) is 13.8 Å². The highest BCUT2D eigenvalue weighted by atomic mass is 16.6. The summed E-state index contributed by atoms with van der Waals surface area (Å²) in [6.07, 6.45) is 1.50. The predicted octanol–water partition coefficient (Wildman–Crippen LogP) is 6.03. The molecule has 3 rings (SSSR count). The zero-order chi connectivity index (χ0) is 28.9. The van der Waals surface area contributed by atoms with Crippen LogP contribution in [0.3, 0.4) is 0 Å². The fourth-order valence-electron chi connectivity index (χ4n) is 4.45. The molecule has 0 aliphatic heterocycles. The maximum Gasteiger partial charge on any atom is 0.303 e. The molecule has 0 N–H and O–H groups in total. The third kappa shape index (κ3) is 8.83. The summed E-state index contributed by atoms with van der Waals surface area (Å²) in [5.41, 5.74) is 1.15. The molecule has 218 valence electrons. The minimum Gasteiger partial charge on any atom is -0.488 e. The molecule has 8 nitrogen and oxygen atoms in total. The van der Waals surface area contributed by atoms with E-state index in [1.807, 2.05) is 44.2 Å². The number of esters is 2. The molecule has 0 bridgehead atoms. The minimum absolute atomic E-state index is 0.140. The Morgan fingerprint density at radius 1 is 0.650 bits per heavy atom. The molecule has 40 heavy (non-hydrogen) atoms. The van der Waals surface area contributed by atoms with E-state index in [4.69, 9.17) is 28.4 Å². The van der Waals surface area contributed by atoms with Crippen molar-refractivity contribution in [2.45, 2.75) is 66.1 Å². The number of fused-ring (bicyclic) bond motifs is 2. The second-order valence-corrected chi connectivity index (χ2v) is 9.67. The van der Waals surface area contributed by atoms with Crippen molar-refractivity contribution in [1.29, 1.82) is 0 Å². The first kappa shape index (κ1) is 31.2. The van der Waals surface area contributed by atoms with Crippen molar-refractivity contribution in [2.75, 3.05) is 39.6 Å². The molecule has 0 aliphatic carbocycles. The van der Waals surface area contributed by atoms with Gasteiger partial charge in [0.2, 0.25) is 0 Å². The molecule has 0 saturated carbocycles. The minimum atomic E-state index is -0.546. The number of hydrogen-bond donors (Lipinski definition) is 0. The number of aryl methyl sites for hydroxylation is 1. The Hall–Kier alpha value is -3.36. The number of hydrogen-bond acceptors (Lipinski definition) is 8. The monoisotopic (exact) mass is 554 g/mol. The van der Waals surface area contributed by atoms with E-state index in [1.54, 1.807) is 0 Å². The molecule has 2 atom stereocenters.